The standard InChI is InChI=1S/C49H33N3S/c1-49(2)40-23-9-6-20-38(40)46-44(49)45(31-26-27-42-39(29-31)35-18-7-10-24-41(35)52(42)33-16-4-3-5-17-33)50-48(51-46)32-15-12-14-30(28-32)34-21-13-22-37-36-19-8-11-25-43(36)53-47(34)37/h3-29H,1-2H3. The molecule has 0 unspecified atom stereocenters. The highest BCUT2D eigenvalue weighted by Crippen LogP contribution is 2.52. The minimum Gasteiger partial charge on any atom is -0.309 e. The lowest BCUT2D eigenvalue weighted by Gasteiger charge is -2.24. The lowest BCUT2D eigenvalue weighted by molar-refractivity contribution is 0.658. The molecule has 3 aromatic heterocycles. The van der Waals surface area contributed by atoms with E-state index in [1.165, 1.54) is 69.8 Å². The highest BCUT2D eigenvalue weighted by atomic mass is 32.1. The molecule has 0 radical (unpaired) electrons. The van der Waals surface area contributed by atoms with Crippen LogP contribution < -0.4 is 0 Å². The number of hydrogen-bond acceptors (Lipinski definition) is 3. The van der Waals surface area contributed by atoms with Crippen molar-refractivity contribution in [2.75, 3.05) is 0 Å². The number of nitrogens with zero attached hydrogens (tertiary/aromatic N) is 3. The fourth-order valence-electron chi connectivity index (χ4n) is 8.73. The summed E-state index contributed by atoms with van der Waals surface area (Å²) < 4.78 is 4.98. The second-order valence-corrected chi connectivity index (χ2v) is 15.6. The van der Waals surface area contributed by atoms with Gasteiger partial charge in [-0.2, -0.15) is 0 Å². The van der Waals surface area contributed by atoms with Gasteiger partial charge in [0.2, 0.25) is 0 Å². The molecular weight excluding hydrogens is 663 g/mol. The van der Waals surface area contributed by atoms with Crippen molar-refractivity contribution in [1.29, 1.82) is 0 Å². The van der Waals surface area contributed by atoms with Crippen molar-refractivity contribution < 1.29 is 0 Å². The first-order chi connectivity index (χ1) is 26.0. The van der Waals surface area contributed by atoms with Gasteiger partial charge in [0.1, 0.15) is 0 Å². The lowest BCUT2D eigenvalue weighted by Crippen LogP contribution is -2.17. The van der Waals surface area contributed by atoms with E-state index in [0.29, 0.717) is 0 Å². The summed E-state index contributed by atoms with van der Waals surface area (Å²) >= 11 is 1.86. The maximum Gasteiger partial charge on any atom is 0.160 e. The molecule has 3 nitrogen and oxygen atoms in total. The van der Waals surface area contributed by atoms with Crippen molar-refractivity contribution in [2.45, 2.75) is 19.3 Å². The van der Waals surface area contributed by atoms with Crippen molar-refractivity contribution in [1.82, 2.24) is 14.5 Å². The predicted molar refractivity (Wildman–Crippen MR) is 223 cm³/mol. The summed E-state index contributed by atoms with van der Waals surface area (Å²) in [5.74, 6) is 0.739. The highest BCUT2D eigenvalue weighted by Gasteiger charge is 2.40. The van der Waals surface area contributed by atoms with E-state index >= 15 is 0 Å². The van der Waals surface area contributed by atoms with Crippen molar-refractivity contribution >= 4 is 53.3 Å². The van der Waals surface area contributed by atoms with Crippen LogP contribution in [0.2, 0.25) is 0 Å². The summed E-state index contributed by atoms with van der Waals surface area (Å²) in [4.78, 5) is 11.0. The van der Waals surface area contributed by atoms with E-state index in [-0.39, 0.29) is 5.41 Å². The first kappa shape index (κ1) is 30.3. The van der Waals surface area contributed by atoms with Crippen LogP contribution in [0.25, 0.3) is 92.7 Å². The van der Waals surface area contributed by atoms with Crippen LogP contribution >= 0.6 is 11.3 Å². The fourth-order valence-corrected chi connectivity index (χ4v) is 9.97. The van der Waals surface area contributed by atoms with Gasteiger partial charge in [0.15, 0.2) is 5.82 Å². The monoisotopic (exact) mass is 695 g/mol. The second kappa shape index (κ2) is 11.3. The molecule has 0 spiro atoms. The van der Waals surface area contributed by atoms with Gasteiger partial charge in [-0.3, -0.25) is 0 Å². The van der Waals surface area contributed by atoms with Crippen molar-refractivity contribution in [3.05, 3.63) is 175 Å². The van der Waals surface area contributed by atoms with E-state index < -0.39 is 0 Å². The molecule has 0 amide bonds. The molecule has 53 heavy (non-hydrogen) atoms. The summed E-state index contributed by atoms with van der Waals surface area (Å²) in [6, 6.07) is 59.1. The van der Waals surface area contributed by atoms with Crippen LogP contribution in [0, 0.1) is 0 Å². The maximum absolute atomic E-state index is 5.53. The first-order valence-corrected chi connectivity index (χ1v) is 19.0. The Labute approximate surface area is 311 Å². The van der Waals surface area contributed by atoms with Gasteiger partial charge in [-0.25, -0.2) is 9.97 Å². The Morgan fingerprint density at radius 3 is 2.08 bits per heavy atom. The number of para-hydroxylation sites is 2. The van der Waals surface area contributed by atoms with Gasteiger partial charge < -0.3 is 4.57 Å². The van der Waals surface area contributed by atoms with E-state index in [4.69, 9.17) is 9.97 Å². The molecule has 10 aromatic rings. The lowest BCUT2D eigenvalue weighted by atomic mass is 9.80. The molecule has 3 heterocycles. The van der Waals surface area contributed by atoms with Crippen molar-refractivity contribution in [3.63, 3.8) is 0 Å². The average Bonchev–Trinajstić information content (AvgIpc) is 3.83. The smallest absolute Gasteiger partial charge is 0.160 e. The van der Waals surface area contributed by atoms with Crippen LogP contribution in [0.15, 0.2) is 164 Å². The number of aromatic nitrogens is 3. The molecule has 0 N–H and O–H groups in total. The van der Waals surface area contributed by atoms with Gasteiger partial charge in [0, 0.05) is 64.3 Å². The van der Waals surface area contributed by atoms with E-state index in [9.17, 15) is 0 Å². The van der Waals surface area contributed by atoms with Gasteiger partial charge in [0.05, 0.1) is 22.4 Å². The zero-order valence-corrected chi connectivity index (χ0v) is 30.2. The van der Waals surface area contributed by atoms with Crippen LogP contribution in [-0.4, -0.2) is 14.5 Å². The van der Waals surface area contributed by atoms with Crippen molar-refractivity contribution in [3.8, 4) is 50.7 Å². The van der Waals surface area contributed by atoms with Crippen LogP contribution in [-0.2, 0) is 5.41 Å². The molecule has 1 aliphatic rings. The molecule has 1 aliphatic carbocycles. The fraction of sp³-hybridized carbons (Fsp3) is 0.0612. The Morgan fingerprint density at radius 2 is 1.17 bits per heavy atom. The third-order valence-corrected chi connectivity index (χ3v) is 12.4. The highest BCUT2D eigenvalue weighted by molar-refractivity contribution is 7.26. The second-order valence-electron chi connectivity index (χ2n) is 14.6. The summed E-state index contributed by atoms with van der Waals surface area (Å²) in [5, 5.41) is 5.04. The predicted octanol–water partition coefficient (Wildman–Crippen LogP) is 13.2. The summed E-state index contributed by atoms with van der Waals surface area (Å²) in [5.41, 5.74) is 13.4. The largest absolute Gasteiger partial charge is 0.309 e. The molecule has 11 rings (SSSR count). The van der Waals surface area contributed by atoms with E-state index in [1.807, 2.05) is 11.3 Å². The minimum atomic E-state index is -0.272. The maximum atomic E-state index is 5.53. The first-order valence-electron chi connectivity index (χ1n) is 18.2. The van der Waals surface area contributed by atoms with E-state index in [0.717, 1.165) is 34.0 Å². The Hall–Kier alpha value is -6.36. The zero-order chi connectivity index (χ0) is 35.3. The molecule has 0 saturated carbocycles. The van der Waals surface area contributed by atoms with Crippen molar-refractivity contribution in [2.24, 2.45) is 0 Å². The minimum absolute atomic E-state index is 0.272. The van der Waals surface area contributed by atoms with Crippen LogP contribution in [0.1, 0.15) is 25.0 Å². The molecule has 0 atom stereocenters. The molecule has 0 fully saturated rings. The summed E-state index contributed by atoms with van der Waals surface area (Å²) in [6.07, 6.45) is 0. The Morgan fingerprint density at radius 1 is 0.491 bits per heavy atom. The Bertz CT molecular complexity index is 3090. The molecule has 4 heteroatoms. The molecule has 0 aliphatic heterocycles. The van der Waals surface area contributed by atoms with Gasteiger partial charge >= 0.3 is 0 Å². The number of rotatable bonds is 4. The quantitative estimate of drug-likeness (QED) is 0.183. The molecule has 0 bridgehead atoms. The van der Waals surface area contributed by atoms with Gasteiger partial charge in [-0.15, -0.1) is 11.3 Å². The average molecular weight is 696 g/mol. The number of hydrogen-bond donors (Lipinski definition) is 0. The SMILES string of the molecule is CC1(C)c2ccccc2-c2nc(-c3cccc(-c4cccc5c4sc4ccccc45)c3)nc(-c3ccc4c(c3)c3ccccc3n4-c3ccccc3)c21. The third kappa shape index (κ3) is 4.46. The number of benzene rings is 7. The van der Waals surface area contributed by atoms with E-state index in [2.05, 4.69) is 182 Å². The summed E-state index contributed by atoms with van der Waals surface area (Å²) in [6.45, 7) is 4.63. The Kier molecular flexibility index (Phi) is 6.47. The number of thiophene rings is 1. The van der Waals surface area contributed by atoms with E-state index in [1.54, 1.807) is 0 Å². The topological polar surface area (TPSA) is 30.7 Å². The summed E-state index contributed by atoms with van der Waals surface area (Å²) in [7, 11) is 0. The van der Waals surface area contributed by atoms with Crippen LogP contribution in [0.3, 0.4) is 0 Å². The Balaban J connectivity index is 1.14. The third-order valence-electron chi connectivity index (χ3n) is 11.2. The number of fused-ring (bicyclic) bond motifs is 9. The molecule has 7 aromatic carbocycles. The zero-order valence-electron chi connectivity index (χ0n) is 29.3. The molecular formula is C49H33N3S. The van der Waals surface area contributed by atoms with Crippen LogP contribution in [0.4, 0.5) is 0 Å². The van der Waals surface area contributed by atoms with Crippen LogP contribution in [0.5, 0.6) is 0 Å². The molecule has 0 saturated heterocycles. The van der Waals surface area contributed by atoms with Gasteiger partial charge in [-0.1, -0.05) is 135 Å². The van der Waals surface area contributed by atoms with Gasteiger partial charge in [-0.05, 0) is 59.2 Å². The normalized spacial score (nSPS) is 13.2. The molecule has 250 valence electrons. The van der Waals surface area contributed by atoms with Gasteiger partial charge in [0.25, 0.3) is 0 Å².